The van der Waals surface area contributed by atoms with E-state index in [-0.39, 0.29) is 11.8 Å². The first kappa shape index (κ1) is 13.9. The highest BCUT2D eigenvalue weighted by Gasteiger charge is 2.27. The quantitative estimate of drug-likeness (QED) is 0.636. The smallest absolute Gasteiger partial charge is 0.328 e. The van der Waals surface area contributed by atoms with Gasteiger partial charge in [0.15, 0.2) is 0 Å². The van der Waals surface area contributed by atoms with Crippen LogP contribution in [-0.2, 0) is 14.3 Å². The standard InChI is InChI=1S/C10H20N2O3/c1-5-6(2)8(10(14)15-4)12-9(13)7(3)11/h6-8H,5,11H2,1-4H3,(H,12,13). The van der Waals surface area contributed by atoms with Gasteiger partial charge in [-0.3, -0.25) is 4.79 Å². The van der Waals surface area contributed by atoms with Crippen LogP contribution < -0.4 is 11.1 Å². The van der Waals surface area contributed by atoms with Crippen molar-refractivity contribution < 1.29 is 14.3 Å². The molecule has 0 aromatic rings. The van der Waals surface area contributed by atoms with E-state index in [0.29, 0.717) is 0 Å². The van der Waals surface area contributed by atoms with E-state index in [1.54, 1.807) is 6.92 Å². The van der Waals surface area contributed by atoms with Crippen LogP contribution in [0.1, 0.15) is 27.2 Å². The van der Waals surface area contributed by atoms with E-state index in [4.69, 9.17) is 5.73 Å². The van der Waals surface area contributed by atoms with E-state index < -0.39 is 18.1 Å². The normalized spacial score (nSPS) is 16.3. The van der Waals surface area contributed by atoms with E-state index in [1.165, 1.54) is 7.11 Å². The van der Waals surface area contributed by atoms with Crippen LogP contribution in [-0.4, -0.2) is 31.1 Å². The van der Waals surface area contributed by atoms with Crippen molar-refractivity contribution >= 4 is 11.9 Å². The van der Waals surface area contributed by atoms with Gasteiger partial charge in [0, 0.05) is 0 Å². The number of methoxy groups -OCH3 is 1. The molecule has 0 radical (unpaired) electrons. The Bertz CT molecular complexity index is 229. The van der Waals surface area contributed by atoms with Crippen LogP contribution in [0, 0.1) is 5.92 Å². The Morgan fingerprint density at radius 1 is 1.40 bits per heavy atom. The van der Waals surface area contributed by atoms with Gasteiger partial charge in [0.1, 0.15) is 6.04 Å². The molecule has 1 amide bonds. The topological polar surface area (TPSA) is 81.4 Å². The molecule has 0 fully saturated rings. The molecule has 0 bridgehead atoms. The fourth-order valence-corrected chi connectivity index (χ4v) is 1.08. The van der Waals surface area contributed by atoms with Crippen molar-refractivity contribution in [3.05, 3.63) is 0 Å². The summed E-state index contributed by atoms with van der Waals surface area (Å²) in [5, 5.41) is 2.58. The Kier molecular flexibility index (Phi) is 5.93. The zero-order chi connectivity index (χ0) is 12.0. The minimum atomic E-state index is -0.624. The van der Waals surface area contributed by atoms with E-state index in [0.717, 1.165) is 6.42 Å². The lowest BCUT2D eigenvalue weighted by atomic mass is 9.99. The maximum Gasteiger partial charge on any atom is 0.328 e. The van der Waals surface area contributed by atoms with Crippen molar-refractivity contribution in [3.63, 3.8) is 0 Å². The minimum absolute atomic E-state index is 0.0279. The monoisotopic (exact) mass is 216 g/mol. The molecule has 3 N–H and O–H groups in total. The first-order chi connectivity index (χ1) is 6.93. The second-order valence-corrected chi connectivity index (χ2v) is 3.68. The molecule has 0 rings (SSSR count). The highest BCUT2D eigenvalue weighted by molar-refractivity contribution is 5.87. The molecule has 0 aliphatic carbocycles. The molecule has 5 nitrogen and oxygen atoms in total. The number of rotatable bonds is 5. The average Bonchev–Trinajstić information content (AvgIpc) is 2.23. The van der Waals surface area contributed by atoms with E-state index in [9.17, 15) is 9.59 Å². The summed E-state index contributed by atoms with van der Waals surface area (Å²) in [6.07, 6.45) is 0.777. The summed E-state index contributed by atoms with van der Waals surface area (Å²) < 4.78 is 4.62. The number of nitrogens with one attached hydrogen (secondary N) is 1. The Hall–Kier alpha value is -1.10. The fraction of sp³-hybridized carbons (Fsp3) is 0.800. The van der Waals surface area contributed by atoms with Crippen molar-refractivity contribution in [2.24, 2.45) is 11.7 Å². The second-order valence-electron chi connectivity index (χ2n) is 3.68. The first-order valence-corrected chi connectivity index (χ1v) is 5.07. The molecule has 5 heteroatoms. The van der Waals surface area contributed by atoms with Gasteiger partial charge in [0.25, 0.3) is 0 Å². The number of nitrogens with two attached hydrogens (primary N) is 1. The van der Waals surface area contributed by atoms with E-state index in [2.05, 4.69) is 10.1 Å². The Labute approximate surface area is 90.4 Å². The van der Waals surface area contributed by atoms with E-state index >= 15 is 0 Å². The fourth-order valence-electron chi connectivity index (χ4n) is 1.08. The molecular formula is C10H20N2O3. The lowest BCUT2D eigenvalue weighted by Gasteiger charge is -2.22. The van der Waals surface area contributed by atoms with Crippen molar-refractivity contribution in [1.82, 2.24) is 5.32 Å². The van der Waals surface area contributed by atoms with Crippen molar-refractivity contribution in [2.75, 3.05) is 7.11 Å². The first-order valence-electron chi connectivity index (χ1n) is 5.07. The molecule has 0 aromatic heterocycles. The Morgan fingerprint density at radius 2 is 1.93 bits per heavy atom. The highest BCUT2D eigenvalue weighted by atomic mass is 16.5. The van der Waals surface area contributed by atoms with Gasteiger partial charge in [-0.25, -0.2) is 4.79 Å². The van der Waals surface area contributed by atoms with Crippen LogP contribution in [0.2, 0.25) is 0 Å². The molecule has 15 heavy (non-hydrogen) atoms. The molecule has 0 saturated carbocycles. The van der Waals surface area contributed by atoms with Crippen molar-refractivity contribution in [3.8, 4) is 0 Å². The predicted octanol–water partition coefficient (Wildman–Crippen LogP) is 0.0375. The molecule has 0 aromatic carbocycles. The molecular weight excluding hydrogens is 196 g/mol. The average molecular weight is 216 g/mol. The van der Waals surface area contributed by atoms with Crippen LogP contribution in [0.5, 0.6) is 0 Å². The third kappa shape index (κ3) is 4.29. The lowest BCUT2D eigenvalue weighted by molar-refractivity contribution is -0.146. The number of carbonyl (C=O) groups excluding carboxylic acids is 2. The summed E-state index contributed by atoms with van der Waals surface area (Å²) >= 11 is 0. The molecule has 88 valence electrons. The van der Waals surface area contributed by atoms with Gasteiger partial charge >= 0.3 is 5.97 Å². The molecule has 0 aliphatic rings. The lowest BCUT2D eigenvalue weighted by Crippen LogP contribution is -2.50. The minimum Gasteiger partial charge on any atom is -0.467 e. The summed E-state index contributed by atoms with van der Waals surface area (Å²) in [6.45, 7) is 5.39. The highest BCUT2D eigenvalue weighted by Crippen LogP contribution is 2.09. The molecule has 3 atom stereocenters. The largest absolute Gasteiger partial charge is 0.467 e. The van der Waals surface area contributed by atoms with Crippen molar-refractivity contribution in [2.45, 2.75) is 39.3 Å². The predicted molar refractivity (Wildman–Crippen MR) is 57.1 cm³/mol. The van der Waals surface area contributed by atoms with Crippen molar-refractivity contribution in [1.29, 1.82) is 0 Å². The van der Waals surface area contributed by atoms with Gasteiger partial charge < -0.3 is 15.8 Å². The summed E-state index contributed by atoms with van der Waals surface area (Å²) in [5.74, 6) is -0.746. The number of ether oxygens (including phenoxy) is 1. The molecule has 3 unspecified atom stereocenters. The maximum atomic E-state index is 11.4. The zero-order valence-corrected chi connectivity index (χ0v) is 9.74. The zero-order valence-electron chi connectivity index (χ0n) is 9.74. The van der Waals surface area contributed by atoms with Gasteiger partial charge in [-0.15, -0.1) is 0 Å². The summed E-state index contributed by atoms with van der Waals surface area (Å²) in [7, 11) is 1.30. The van der Waals surface area contributed by atoms with Crippen LogP contribution in [0.25, 0.3) is 0 Å². The third-order valence-electron chi connectivity index (χ3n) is 2.38. The maximum absolute atomic E-state index is 11.4. The summed E-state index contributed by atoms with van der Waals surface area (Å²) in [5.41, 5.74) is 5.40. The van der Waals surface area contributed by atoms with Crippen LogP contribution in [0.15, 0.2) is 0 Å². The third-order valence-corrected chi connectivity index (χ3v) is 2.38. The van der Waals surface area contributed by atoms with Crippen LogP contribution in [0.3, 0.4) is 0 Å². The SMILES string of the molecule is CCC(C)C(NC(=O)C(C)N)C(=O)OC. The number of hydrogen-bond donors (Lipinski definition) is 2. The Morgan fingerprint density at radius 3 is 2.27 bits per heavy atom. The molecule has 0 spiro atoms. The van der Waals surface area contributed by atoms with Crippen LogP contribution in [0.4, 0.5) is 0 Å². The molecule has 0 heterocycles. The number of amides is 1. The van der Waals surface area contributed by atoms with Gasteiger partial charge in [0.05, 0.1) is 13.2 Å². The van der Waals surface area contributed by atoms with Gasteiger partial charge in [-0.2, -0.15) is 0 Å². The number of hydrogen-bond acceptors (Lipinski definition) is 4. The second kappa shape index (κ2) is 6.40. The van der Waals surface area contributed by atoms with Crippen LogP contribution >= 0.6 is 0 Å². The van der Waals surface area contributed by atoms with Gasteiger partial charge in [0.2, 0.25) is 5.91 Å². The molecule has 0 aliphatic heterocycles. The summed E-state index contributed by atoms with van der Waals surface area (Å²) in [4.78, 5) is 22.7. The van der Waals surface area contributed by atoms with Gasteiger partial charge in [-0.1, -0.05) is 20.3 Å². The molecule has 0 saturated heterocycles. The Balaban J connectivity index is 4.51. The number of carbonyl (C=O) groups is 2. The van der Waals surface area contributed by atoms with E-state index in [1.807, 2.05) is 13.8 Å². The van der Waals surface area contributed by atoms with Gasteiger partial charge in [-0.05, 0) is 12.8 Å². The summed E-state index contributed by atoms with van der Waals surface area (Å²) in [6, 6.07) is -1.24. The number of esters is 1.